The van der Waals surface area contributed by atoms with E-state index in [0.717, 1.165) is 28.8 Å². The highest BCUT2D eigenvalue weighted by Gasteiger charge is 2.42. The van der Waals surface area contributed by atoms with E-state index in [9.17, 15) is 4.79 Å². The fourth-order valence-corrected chi connectivity index (χ4v) is 3.95. The highest BCUT2D eigenvalue weighted by Crippen LogP contribution is 2.51. The Hall–Kier alpha value is -1.87. The number of methoxy groups -OCH3 is 1. The van der Waals surface area contributed by atoms with Gasteiger partial charge in [-0.2, -0.15) is 0 Å². The number of hydrogen-bond acceptors (Lipinski definition) is 5. The molecule has 0 saturated heterocycles. The first-order valence-electron chi connectivity index (χ1n) is 8.76. The molecule has 1 atom stereocenters. The maximum Gasteiger partial charge on any atom is 0.231 e. The Morgan fingerprint density at radius 3 is 2.74 bits per heavy atom. The maximum absolute atomic E-state index is 12.9. The van der Waals surface area contributed by atoms with Crippen LogP contribution in [0.3, 0.4) is 0 Å². The topological polar surface area (TPSA) is 57.7 Å². The third-order valence-corrected chi connectivity index (χ3v) is 5.46. The number of likely N-dealkylation sites (N-methyl/N-ethyl adjacent to an activating group) is 1. The van der Waals surface area contributed by atoms with Crippen LogP contribution in [0.1, 0.15) is 33.9 Å². The summed E-state index contributed by atoms with van der Waals surface area (Å²) in [7, 11) is 5.98. The summed E-state index contributed by atoms with van der Waals surface area (Å²) in [6.45, 7) is 1.15. The Morgan fingerprint density at radius 2 is 2.04 bits per heavy atom. The first-order chi connectivity index (χ1) is 12.5. The molecule has 27 heavy (non-hydrogen) atoms. The van der Waals surface area contributed by atoms with Crippen molar-refractivity contribution in [3.63, 3.8) is 0 Å². The van der Waals surface area contributed by atoms with Crippen molar-refractivity contribution in [3.05, 3.63) is 47.3 Å². The predicted octanol–water partition coefficient (Wildman–Crippen LogP) is -0.230. The summed E-state index contributed by atoms with van der Waals surface area (Å²) >= 11 is 0. The van der Waals surface area contributed by atoms with Gasteiger partial charge >= 0.3 is 0 Å². The summed E-state index contributed by atoms with van der Waals surface area (Å²) in [5.74, 6) is 2.19. The Morgan fingerprint density at radius 1 is 1.30 bits per heavy atom. The molecule has 2 aliphatic rings. The Bertz CT molecular complexity index is 855. The lowest BCUT2D eigenvalue weighted by atomic mass is 9.86. The summed E-state index contributed by atoms with van der Waals surface area (Å²) < 4.78 is 17.7. The number of ketones is 1. The maximum atomic E-state index is 12.9. The van der Waals surface area contributed by atoms with Crippen molar-refractivity contribution in [2.45, 2.75) is 18.9 Å². The van der Waals surface area contributed by atoms with E-state index in [1.807, 2.05) is 6.07 Å². The molecule has 1 aromatic carbocycles. The van der Waals surface area contributed by atoms with Gasteiger partial charge in [0.05, 0.1) is 39.7 Å². The van der Waals surface area contributed by atoms with E-state index < -0.39 is 0 Å². The molecule has 0 bridgehead atoms. The highest BCUT2D eigenvalue weighted by atomic mass is 127. The molecule has 0 aliphatic carbocycles. The monoisotopic (exact) mass is 482 g/mol. The van der Waals surface area contributed by atoms with Crippen LogP contribution < -0.4 is 38.2 Å². The average molecular weight is 482 g/mol. The molecular formula is C20H23IN2O4. The van der Waals surface area contributed by atoms with Crippen LogP contribution in [-0.2, 0) is 6.42 Å². The van der Waals surface area contributed by atoms with Crippen LogP contribution in [0.25, 0.3) is 0 Å². The van der Waals surface area contributed by atoms with Gasteiger partial charge in [0, 0.05) is 24.4 Å². The summed E-state index contributed by atoms with van der Waals surface area (Å²) in [6, 6.07) is 5.57. The SMILES string of the molecule is COc1c2c(cc3c1C(CC(=O)c1ccncc1)[N+](C)(C)CC3)OCO2.[I-]. The summed E-state index contributed by atoms with van der Waals surface area (Å²) in [5, 5.41) is 0. The van der Waals surface area contributed by atoms with Gasteiger partial charge in [-0.15, -0.1) is 0 Å². The number of hydrogen-bond donors (Lipinski definition) is 0. The summed E-state index contributed by atoms with van der Waals surface area (Å²) in [6.07, 6.45) is 4.62. The van der Waals surface area contributed by atoms with Gasteiger partial charge < -0.3 is 42.7 Å². The molecule has 144 valence electrons. The quantitative estimate of drug-likeness (QED) is 0.343. The number of carbonyl (C=O) groups excluding carboxylic acids is 1. The van der Waals surface area contributed by atoms with Gasteiger partial charge in [-0.05, 0) is 23.8 Å². The predicted molar refractivity (Wildman–Crippen MR) is 95.7 cm³/mol. The van der Waals surface area contributed by atoms with Gasteiger partial charge in [-0.25, -0.2) is 0 Å². The Balaban J connectivity index is 0.00000210. The molecule has 0 amide bonds. The molecule has 0 N–H and O–H groups in total. The lowest BCUT2D eigenvalue weighted by molar-refractivity contribution is -0.922. The number of Topliss-reactive ketones (excluding diaryl/α,β-unsaturated/α-hetero) is 1. The van der Waals surface area contributed by atoms with Gasteiger partial charge in [0.2, 0.25) is 12.5 Å². The molecule has 1 unspecified atom stereocenters. The minimum atomic E-state index is -0.0103. The van der Waals surface area contributed by atoms with Crippen LogP contribution >= 0.6 is 0 Å². The minimum absolute atomic E-state index is 0. The van der Waals surface area contributed by atoms with Gasteiger partial charge in [0.25, 0.3) is 0 Å². The molecule has 3 heterocycles. The molecular weight excluding hydrogens is 459 g/mol. The molecule has 0 radical (unpaired) electrons. The lowest BCUT2D eigenvalue weighted by Crippen LogP contribution is -3.00. The van der Waals surface area contributed by atoms with Gasteiger partial charge in [0.1, 0.15) is 6.04 Å². The minimum Gasteiger partial charge on any atom is -1.00 e. The number of benzene rings is 1. The molecule has 1 aromatic heterocycles. The lowest BCUT2D eigenvalue weighted by Gasteiger charge is -2.43. The van der Waals surface area contributed by atoms with Crippen LogP contribution in [0.4, 0.5) is 0 Å². The number of nitrogens with zero attached hydrogens (tertiary/aromatic N) is 2. The zero-order chi connectivity index (χ0) is 18.3. The summed E-state index contributed by atoms with van der Waals surface area (Å²) in [5.41, 5.74) is 2.93. The van der Waals surface area contributed by atoms with Crippen LogP contribution in [0.2, 0.25) is 0 Å². The fourth-order valence-electron chi connectivity index (χ4n) is 3.95. The van der Waals surface area contributed by atoms with Crippen molar-refractivity contribution < 1.29 is 47.5 Å². The van der Waals surface area contributed by atoms with E-state index in [-0.39, 0.29) is 42.6 Å². The third-order valence-electron chi connectivity index (χ3n) is 5.46. The molecule has 2 aromatic rings. The van der Waals surface area contributed by atoms with Gasteiger partial charge in [-0.1, -0.05) is 0 Å². The van der Waals surface area contributed by atoms with E-state index in [0.29, 0.717) is 23.5 Å². The molecule has 4 rings (SSSR count). The zero-order valence-electron chi connectivity index (χ0n) is 15.7. The first kappa shape index (κ1) is 19.9. The standard InChI is InChI=1S/C20H23N2O4.HI/c1-22(2)9-6-14-10-17-19(26-12-25-17)20(24-3)18(14)15(22)11-16(23)13-4-7-21-8-5-13;/h4-5,7-8,10,15H,6,9,11-12H2,1-3H3;1H/q+1;/p-1. The fraction of sp³-hybridized carbons (Fsp3) is 0.400. The zero-order valence-corrected chi connectivity index (χ0v) is 17.9. The molecule has 0 spiro atoms. The number of aromatic nitrogens is 1. The molecule has 0 fully saturated rings. The Labute approximate surface area is 176 Å². The second-order valence-electron chi connectivity index (χ2n) is 7.35. The van der Waals surface area contributed by atoms with E-state index >= 15 is 0 Å². The van der Waals surface area contributed by atoms with Gasteiger partial charge in [-0.3, -0.25) is 9.78 Å². The number of rotatable bonds is 4. The largest absolute Gasteiger partial charge is 1.00 e. The van der Waals surface area contributed by atoms with Crippen molar-refractivity contribution in [2.75, 3.05) is 34.5 Å². The molecule has 6 nitrogen and oxygen atoms in total. The van der Waals surface area contributed by atoms with Crippen LogP contribution in [0.5, 0.6) is 17.2 Å². The molecule has 0 saturated carbocycles. The van der Waals surface area contributed by atoms with Crippen molar-refractivity contribution in [1.29, 1.82) is 0 Å². The normalized spacial score (nSPS) is 19.0. The second-order valence-corrected chi connectivity index (χ2v) is 7.35. The average Bonchev–Trinajstić information content (AvgIpc) is 3.11. The number of ether oxygens (including phenoxy) is 3. The number of carbonyl (C=O) groups is 1. The number of quaternary nitrogens is 1. The van der Waals surface area contributed by atoms with Crippen molar-refractivity contribution in [3.8, 4) is 17.2 Å². The third kappa shape index (κ3) is 3.50. The van der Waals surface area contributed by atoms with Gasteiger partial charge in [0.15, 0.2) is 17.3 Å². The van der Waals surface area contributed by atoms with E-state index in [2.05, 4.69) is 19.1 Å². The second kappa shape index (κ2) is 7.63. The number of halogens is 1. The van der Waals surface area contributed by atoms with Crippen LogP contribution in [-0.4, -0.2) is 49.8 Å². The number of fused-ring (bicyclic) bond motifs is 2. The Kier molecular flexibility index (Phi) is 5.62. The van der Waals surface area contributed by atoms with Crippen LogP contribution in [0.15, 0.2) is 30.6 Å². The highest BCUT2D eigenvalue weighted by molar-refractivity contribution is 5.96. The molecule has 7 heteroatoms. The van der Waals surface area contributed by atoms with Crippen molar-refractivity contribution >= 4 is 5.78 Å². The van der Waals surface area contributed by atoms with E-state index in [1.54, 1.807) is 31.6 Å². The van der Waals surface area contributed by atoms with E-state index in [4.69, 9.17) is 14.2 Å². The molecule has 2 aliphatic heterocycles. The van der Waals surface area contributed by atoms with Crippen LogP contribution in [0, 0.1) is 0 Å². The van der Waals surface area contributed by atoms with Crippen molar-refractivity contribution in [2.24, 2.45) is 0 Å². The smallest absolute Gasteiger partial charge is 0.231 e. The number of pyridine rings is 1. The van der Waals surface area contributed by atoms with Crippen molar-refractivity contribution in [1.82, 2.24) is 4.98 Å². The van der Waals surface area contributed by atoms with E-state index in [1.165, 1.54) is 5.56 Å². The summed E-state index contributed by atoms with van der Waals surface area (Å²) in [4.78, 5) is 16.9. The first-order valence-corrected chi connectivity index (χ1v) is 8.76.